The molecular weight excluding hydrogens is 429 g/mol. The van der Waals surface area contributed by atoms with Crippen LogP contribution >= 0.6 is 0 Å². The average Bonchev–Trinajstić information content (AvgIpc) is 2.84. The SMILES string of the molecule is COc1cc(C(c2cccc(C(F)(F)F)c2)N2CCNCC2)ccc1OCc1ccccc1. The second-order valence-corrected chi connectivity index (χ2v) is 8.00. The maximum Gasteiger partial charge on any atom is 0.416 e. The summed E-state index contributed by atoms with van der Waals surface area (Å²) < 4.78 is 51.8. The van der Waals surface area contributed by atoms with Crippen LogP contribution in [0.1, 0.15) is 28.3 Å². The Morgan fingerprint density at radius 2 is 1.61 bits per heavy atom. The maximum absolute atomic E-state index is 13.4. The fraction of sp³-hybridized carbons (Fsp3) is 0.308. The Morgan fingerprint density at radius 3 is 2.30 bits per heavy atom. The van der Waals surface area contributed by atoms with Gasteiger partial charge < -0.3 is 14.8 Å². The molecule has 174 valence electrons. The highest BCUT2D eigenvalue weighted by Crippen LogP contribution is 2.38. The molecule has 33 heavy (non-hydrogen) atoms. The van der Waals surface area contributed by atoms with Crippen LogP contribution in [0.2, 0.25) is 0 Å². The van der Waals surface area contributed by atoms with Crippen LogP contribution in [0.25, 0.3) is 0 Å². The molecule has 0 spiro atoms. The molecule has 1 fully saturated rings. The zero-order valence-corrected chi connectivity index (χ0v) is 18.4. The minimum absolute atomic E-state index is 0.327. The highest BCUT2D eigenvalue weighted by Gasteiger charge is 2.32. The van der Waals surface area contributed by atoms with E-state index in [9.17, 15) is 13.2 Å². The lowest BCUT2D eigenvalue weighted by Gasteiger charge is -2.36. The van der Waals surface area contributed by atoms with E-state index in [1.54, 1.807) is 13.2 Å². The van der Waals surface area contributed by atoms with Crippen LogP contribution in [0, 0.1) is 0 Å². The standard InChI is InChI=1S/C26H27F3N2O2/c1-32-24-17-21(10-11-23(24)33-18-19-6-3-2-4-7-19)25(31-14-12-30-13-15-31)20-8-5-9-22(16-20)26(27,28)29/h2-11,16-17,25,30H,12-15,18H2,1H3. The molecule has 3 aromatic rings. The van der Waals surface area contributed by atoms with Crippen LogP contribution < -0.4 is 14.8 Å². The first-order valence-corrected chi connectivity index (χ1v) is 10.9. The molecule has 0 bridgehead atoms. The molecule has 1 aliphatic heterocycles. The average molecular weight is 457 g/mol. The normalized spacial score (nSPS) is 15.8. The van der Waals surface area contributed by atoms with Crippen LogP contribution in [0.15, 0.2) is 72.8 Å². The monoisotopic (exact) mass is 456 g/mol. The Balaban J connectivity index is 1.67. The lowest BCUT2D eigenvalue weighted by atomic mass is 9.94. The van der Waals surface area contributed by atoms with Gasteiger partial charge in [-0.1, -0.05) is 48.5 Å². The first kappa shape index (κ1) is 23.1. The lowest BCUT2D eigenvalue weighted by molar-refractivity contribution is -0.137. The Kier molecular flexibility index (Phi) is 7.20. The van der Waals surface area contributed by atoms with Crippen molar-refractivity contribution in [2.45, 2.75) is 18.8 Å². The Hall–Kier alpha value is -3.03. The van der Waals surface area contributed by atoms with Gasteiger partial charge in [0.2, 0.25) is 0 Å². The van der Waals surface area contributed by atoms with Crippen molar-refractivity contribution in [2.24, 2.45) is 0 Å². The van der Waals surface area contributed by atoms with Gasteiger partial charge in [-0.2, -0.15) is 13.2 Å². The smallest absolute Gasteiger partial charge is 0.416 e. The van der Waals surface area contributed by atoms with Crippen molar-refractivity contribution in [1.29, 1.82) is 0 Å². The minimum atomic E-state index is -4.39. The predicted octanol–water partition coefficient (Wildman–Crippen LogP) is 5.29. The van der Waals surface area contributed by atoms with E-state index >= 15 is 0 Å². The van der Waals surface area contributed by atoms with Crippen LogP contribution in [-0.4, -0.2) is 38.2 Å². The van der Waals surface area contributed by atoms with Crippen molar-refractivity contribution in [3.63, 3.8) is 0 Å². The van der Waals surface area contributed by atoms with Crippen molar-refractivity contribution < 1.29 is 22.6 Å². The van der Waals surface area contributed by atoms with Gasteiger partial charge in [0, 0.05) is 26.2 Å². The molecule has 0 amide bonds. The molecule has 1 saturated heterocycles. The Bertz CT molecular complexity index is 1050. The largest absolute Gasteiger partial charge is 0.493 e. The molecule has 7 heteroatoms. The molecule has 1 heterocycles. The van der Waals surface area contributed by atoms with Crippen molar-refractivity contribution in [3.05, 3.63) is 95.1 Å². The second-order valence-electron chi connectivity index (χ2n) is 8.00. The van der Waals surface area contributed by atoms with Crippen LogP contribution in [0.4, 0.5) is 13.2 Å². The minimum Gasteiger partial charge on any atom is -0.493 e. The molecular formula is C26H27F3N2O2. The number of hydrogen-bond donors (Lipinski definition) is 1. The maximum atomic E-state index is 13.4. The fourth-order valence-electron chi connectivity index (χ4n) is 4.15. The molecule has 0 aliphatic carbocycles. The first-order chi connectivity index (χ1) is 16.0. The topological polar surface area (TPSA) is 33.7 Å². The van der Waals surface area contributed by atoms with Crippen molar-refractivity contribution >= 4 is 0 Å². The number of methoxy groups -OCH3 is 1. The van der Waals surface area contributed by atoms with Crippen molar-refractivity contribution in [3.8, 4) is 11.5 Å². The van der Waals surface area contributed by atoms with Gasteiger partial charge in [0.1, 0.15) is 6.61 Å². The van der Waals surface area contributed by atoms with Gasteiger partial charge in [-0.05, 0) is 41.0 Å². The number of nitrogens with one attached hydrogen (secondary N) is 1. The summed E-state index contributed by atoms with van der Waals surface area (Å²) in [5.41, 5.74) is 1.85. The van der Waals surface area contributed by atoms with E-state index in [-0.39, 0.29) is 6.04 Å². The molecule has 0 aromatic heterocycles. The van der Waals surface area contributed by atoms with E-state index < -0.39 is 11.7 Å². The van der Waals surface area contributed by atoms with Gasteiger partial charge in [-0.3, -0.25) is 4.90 Å². The highest BCUT2D eigenvalue weighted by atomic mass is 19.4. The summed E-state index contributed by atoms with van der Waals surface area (Å²) in [6.45, 7) is 3.42. The zero-order valence-electron chi connectivity index (χ0n) is 18.4. The molecule has 1 atom stereocenters. The molecule has 1 aliphatic rings. The quantitative estimate of drug-likeness (QED) is 0.524. The summed E-state index contributed by atoms with van der Waals surface area (Å²) in [4.78, 5) is 2.20. The number of halogens is 3. The van der Waals surface area contributed by atoms with E-state index in [0.717, 1.165) is 43.4 Å². The number of hydrogen-bond acceptors (Lipinski definition) is 4. The van der Waals surface area contributed by atoms with E-state index in [0.29, 0.717) is 23.7 Å². The van der Waals surface area contributed by atoms with Crippen molar-refractivity contribution in [2.75, 3.05) is 33.3 Å². The molecule has 4 nitrogen and oxygen atoms in total. The molecule has 4 rings (SSSR count). The number of ether oxygens (including phenoxy) is 2. The first-order valence-electron chi connectivity index (χ1n) is 10.9. The summed E-state index contributed by atoms with van der Waals surface area (Å²) in [5.74, 6) is 1.14. The third-order valence-electron chi connectivity index (χ3n) is 5.79. The van der Waals surface area contributed by atoms with Gasteiger partial charge in [0.05, 0.1) is 18.7 Å². The molecule has 0 radical (unpaired) electrons. The highest BCUT2D eigenvalue weighted by molar-refractivity contribution is 5.46. The number of rotatable bonds is 7. The summed E-state index contributed by atoms with van der Waals surface area (Å²) >= 11 is 0. The second kappa shape index (κ2) is 10.3. The molecule has 1 unspecified atom stereocenters. The third-order valence-corrected chi connectivity index (χ3v) is 5.79. The summed E-state index contributed by atoms with van der Waals surface area (Å²) in [5, 5.41) is 3.31. The molecule has 0 saturated carbocycles. The van der Waals surface area contributed by atoms with Crippen LogP contribution in [-0.2, 0) is 12.8 Å². The number of piperazine rings is 1. The summed E-state index contributed by atoms with van der Waals surface area (Å²) in [7, 11) is 1.57. The van der Waals surface area contributed by atoms with Gasteiger partial charge in [-0.25, -0.2) is 0 Å². The fourth-order valence-corrected chi connectivity index (χ4v) is 4.15. The van der Waals surface area contributed by atoms with Gasteiger partial charge in [0.15, 0.2) is 11.5 Å². The zero-order chi connectivity index (χ0) is 23.3. The third kappa shape index (κ3) is 5.67. The van der Waals surface area contributed by atoms with Gasteiger partial charge in [-0.15, -0.1) is 0 Å². The lowest BCUT2D eigenvalue weighted by Crippen LogP contribution is -2.45. The van der Waals surface area contributed by atoms with E-state index in [4.69, 9.17) is 9.47 Å². The van der Waals surface area contributed by atoms with Crippen LogP contribution in [0.3, 0.4) is 0 Å². The Morgan fingerprint density at radius 1 is 0.879 bits per heavy atom. The van der Waals surface area contributed by atoms with E-state index in [1.807, 2.05) is 48.5 Å². The predicted molar refractivity (Wildman–Crippen MR) is 121 cm³/mol. The Labute approximate surface area is 191 Å². The van der Waals surface area contributed by atoms with Gasteiger partial charge >= 0.3 is 6.18 Å². The van der Waals surface area contributed by atoms with Crippen molar-refractivity contribution in [1.82, 2.24) is 10.2 Å². The van der Waals surface area contributed by atoms with E-state index in [1.165, 1.54) is 12.1 Å². The number of nitrogens with zero attached hydrogens (tertiary/aromatic N) is 1. The molecule has 1 N–H and O–H groups in total. The van der Waals surface area contributed by atoms with E-state index in [2.05, 4.69) is 10.2 Å². The summed E-state index contributed by atoms with van der Waals surface area (Å²) in [6, 6.07) is 20.7. The number of benzene rings is 3. The molecule has 3 aromatic carbocycles. The van der Waals surface area contributed by atoms with Crippen LogP contribution in [0.5, 0.6) is 11.5 Å². The number of alkyl halides is 3. The summed E-state index contributed by atoms with van der Waals surface area (Å²) in [6.07, 6.45) is -4.39. The van der Waals surface area contributed by atoms with Gasteiger partial charge in [0.25, 0.3) is 0 Å².